The molecule has 0 bridgehead atoms. The second kappa shape index (κ2) is 4.20. The van der Waals surface area contributed by atoms with Gasteiger partial charge < -0.3 is 4.90 Å². The summed E-state index contributed by atoms with van der Waals surface area (Å²) in [6.07, 6.45) is 1.92. The molecule has 0 spiro atoms. The molecule has 0 aromatic heterocycles. The number of nitrogens with zero attached hydrogens (tertiary/aromatic N) is 2. The summed E-state index contributed by atoms with van der Waals surface area (Å²) in [6, 6.07) is 0. The quantitative estimate of drug-likeness (QED) is 0.466. The zero-order valence-corrected chi connectivity index (χ0v) is 7.73. The van der Waals surface area contributed by atoms with Crippen LogP contribution in [0.2, 0.25) is 0 Å². The number of amides is 1. The van der Waals surface area contributed by atoms with Gasteiger partial charge in [-0.05, 0) is 18.8 Å². The van der Waals surface area contributed by atoms with Crippen LogP contribution in [0.15, 0.2) is 0 Å². The maximum Gasteiger partial charge on any atom is 0.294 e. The highest BCUT2D eigenvalue weighted by Gasteiger charge is 2.22. The molecular formula is C8H14N2O3. The number of piperidine rings is 1. The molecule has 0 aromatic rings. The van der Waals surface area contributed by atoms with Gasteiger partial charge in [-0.3, -0.25) is 14.9 Å². The Morgan fingerprint density at radius 2 is 2.08 bits per heavy atom. The van der Waals surface area contributed by atoms with Crippen molar-refractivity contribution in [3.05, 3.63) is 10.1 Å². The lowest BCUT2D eigenvalue weighted by Gasteiger charge is -2.29. The van der Waals surface area contributed by atoms with Crippen LogP contribution < -0.4 is 0 Å². The minimum absolute atomic E-state index is 0.350. The number of likely N-dealkylation sites (tertiary alicyclic amines) is 1. The molecule has 1 aliphatic rings. The van der Waals surface area contributed by atoms with Crippen molar-refractivity contribution in [2.75, 3.05) is 19.6 Å². The van der Waals surface area contributed by atoms with Crippen LogP contribution in [-0.2, 0) is 4.79 Å². The van der Waals surface area contributed by atoms with Gasteiger partial charge in [-0.1, -0.05) is 6.92 Å². The van der Waals surface area contributed by atoms with E-state index >= 15 is 0 Å². The monoisotopic (exact) mass is 186 g/mol. The van der Waals surface area contributed by atoms with E-state index in [-0.39, 0.29) is 5.91 Å². The van der Waals surface area contributed by atoms with Gasteiger partial charge in [-0.15, -0.1) is 0 Å². The molecule has 5 nitrogen and oxygen atoms in total. The largest absolute Gasteiger partial charge is 0.337 e. The third-order valence-corrected chi connectivity index (χ3v) is 2.40. The zero-order valence-electron chi connectivity index (χ0n) is 7.73. The molecule has 1 heterocycles. The fourth-order valence-electron chi connectivity index (χ4n) is 1.47. The minimum Gasteiger partial charge on any atom is -0.337 e. The molecule has 1 fully saturated rings. The lowest BCUT2D eigenvalue weighted by molar-refractivity contribution is -0.468. The van der Waals surface area contributed by atoms with Gasteiger partial charge in [-0.2, -0.15) is 0 Å². The molecule has 0 atom stereocenters. The predicted octanol–water partition coefficient (Wildman–Crippen LogP) is 0.522. The summed E-state index contributed by atoms with van der Waals surface area (Å²) >= 11 is 0. The van der Waals surface area contributed by atoms with E-state index in [1.54, 1.807) is 4.90 Å². The van der Waals surface area contributed by atoms with Crippen molar-refractivity contribution < 1.29 is 9.72 Å². The summed E-state index contributed by atoms with van der Waals surface area (Å²) in [4.78, 5) is 22.3. The first-order valence-corrected chi connectivity index (χ1v) is 4.49. The summed E-state index contributed by atoms with van der Waals surface area (Å²) in [5.41, 5.74) is 0. The minimum atomic E-state index is -0.569. The maximum absolute atomic E-state index is 11.2. The Morgan fingerprint density at radius 3 is 2.54 bits per heavy atom. The summed E-state index contributed by atoms with van der Waals surface area (Å²) in [6.45, 7) is 2.92. The van der Waals surface area contributed by atoms with Crippen LogP contribution >= 0.6 is 0 Å². The number of carbonyl (C=O) groups is 1. The van der Waals surface area contributed by atoms with Crippen LogP contribution in [0, 0.1) is 16.0 Å². The van der Waals surface area contributed by atoms with E-state index in [0.29, 0.717) is 19.0 Å². The van der Waals surface area contributed by atoms with Crippen LogP contribution in [0.5, 0.6) is 0 Å². The van der Waals surface area contributed by atoms with Crippen molar-refractivity contribution >= 4 is 5.91 Å². The van der Waals surface area contributed by atoms with Gasteiger partial charge >= 0.3 is 0 Å². The fourth-order valence-corrected chi connectivity index (χ4v) is 1.47. The summed E-state index contributed by atoms with van der Waals surface area (Å²) in [7, 11) is 0. The van der Waals surface area contributed by atoms with Crippen molar-refractivity contribution in [1.82, 2.24) is 4.90 Å². The highest BCUT2D eigenvalue weighted by Crippen LogP contribution is 2.15. The van der Waals surface area contributed by atoms with Crippen LogP contribution in [0.1, 0.15) is 19.8 Å². The Morgan fingerprint density at radius 1 is 1.54 bits per heavy atom. The normalized spacial score (nSPS) is 18.7. The molecule has 0 radical (unpaired) electrons. The second-order valence-corrected chi connectivity index (χ2v) is 3.55. The van der Waals surface area contributed by atoms with Gasteiger partial charge in [0.15, 0.2) is 0 Å². The Labute approximate surface area is 76.9 Å². The van der Waals surface area contributed by atoms with Crippen LogP contribution in [0.3, 0.4) is 0 Å². The average molecular weight is 186 g/mol. The van der Waals surface area contributed by atoms with Crippen molar-refractivity contribution in [1.29, 1.82) is 0 Å². The molecule has 1 rings (SSSR count). The van der Waals surface area contributed by atoms with Gasteiger partial charge in [0.2, 0.25) is 0 Å². The molecule has 1 aliphatic heterocycles. The third kappa shape index (κ3) is 3.01. The molecule has 0 aromatic carbocycles. The van der Waals surface area contributed by atoms with Crippen LogP contribution in [0.4, 0.5) is 0 Å². The highest BCUT2D eigenvalue weighted by atomic mass is 16.6. The standard InChI is InChI=1S/C8H14N2O3/c1-7-2-4-9(5-3-7)8(11)6-10(12)13/h7H,2-6H2,1H3. The van der Waals surface area contributed by atoms with E-state index in [2.05, 4.69) is 6.92 Å². The van der Waals surface area contributed by atoms with E-state index in [4.69, 9.17) is 0 Å². The number of carbonyl (C=O) groups excluding carboxylic acids is 1. The third-order valence-electron chi connectivity index (χ3n) is 2.40. The van der Waals surface area contributed by atoms with Crippen LogP contribution in [0.25, 0.3) is 0 Å². The van der Waals surface area contributed by atoms with Gasteiger partial charge in [0.1, 0.15) is 0 Å². The van der Waals surface area contributed by atoms with Crippen molar-refractivity contribution in [3.63, 3.8) is 0 Å². The smallest absolute Gasteiger partial charge is 0.294 e. The predicted molar refractivity (Wildman–Crippen MR) is 46.8 cm³/mol. The molecule has 1 saturated heterocycles. The first-order valence-electron chi connectivity index (χ1n) is 4.49. The number of hydrogen-bond donors (Lipinski definition) is 0. The van der Waals surface area contributed by atoms with E-state index in [1.807, 2.05) is 0 Å². The van der Waals surface area contributed by atoms with E-state index in [0.717, 1.165) is 12.8 Å². The van der Waals surface area contributed by atoms with Gasteiger partial charge in [0, 0.05) is 18.0 Å². The number of nitro groups is 1. The maximum atomic E-state index is 11.2. The van der Waals surface area contributed by atoms with E-state index in [9.17, 15) is 14.9 Å². The van der Waals surface area contributed by atoms with Gasteiger partial charge in [-0.25, -0.2) is 0 Å². The topological polar surface area (TPSA) is 63.5 Å². The highest BCUT2D eigenvalue weighted by molar-refractivity contribution is 5.77. The molecule has 0 N–H and O–H groups in total. The summed E-state index contributed by atoms with van der Waals surface area (Å²) in [5, 5.41) is 10.1. The van der Waals surface area contributed by atoms with Gasteiger partial charge in [0.25, 0.3) is 12.5 Å². The Kier molecular flexibility index (Phi) is 3.22. The van der Waals surface area contributed by atoms with E-state index in [1.165, 1.54) is 0 Å². The molecule has 0 unspecified atom stereocenters. The Bertz CT molecular complexity index is 209. The molecule has 0 aliphatic carbocycles. The SMILES string of the molecule is CC1CCN(C(=O)C[N+](=O)[O-])CC1. The lowest BCUT2D eigenvalue weighted by Crippen LogP contribution is -2.40. The number of rotatable bonds is 2. The zero-order chi connectivity index (χ0) is 9.84. The molecule has 74 valence electrons. The Balaban J connectivity index is 2.36. The van der Waals surface area contributed by atoms with Crippen molar-refractivity contribution in [2.24, 2.45) is 5.92 Å². The first kappa shape index (κ1) is 9.95. The van der Waals surface area contributed by atoms with Crippen molar-refractivity contribution in [3.8, 4) is 0 Å². The number of hydrogen-bond acceptors (Lipinski definition) is 3. The molecular weight excluding hydrogens is 172 g/mol. The molecule has 1 amide bonds. The molecule has 0 saturated carbocycles. The van der Waals surface area contributed by atoms with Gasteiger partial charge in [0.05, 0.1) is 0 Å². The second-order valence-electron chi connectivity index (χ2n) is 3.55. The summed E-state index contributed by atoms with van der Waals surface area (Å²) in [5.74, 6) is 0.288. The summed E-state index contributed by atoms with van der Waals surface area (Å²) < 4.78 is 0. The first-order chi connectivity index (χ1) is 6.09. The van der Waals surface area contributed by atoms with E-state index < -0.39 is 11.5 Å². The van der Waals surface area contributed by atoms with Crippen molar-refractivity contribution in [2.45, 2.75) is 19.8 Å². The molecule has 5 heteroatoms. The average Bonchev–Trinajstić information content (AvgIpc) is 2.04. The fraction of sp³-hybridized carbons (Fsp3) is 0.875. The van der Waals surface area contributed by atoms with Crippen LogP contribution in [-0.4, -0.2) is 35.4 Å². The lowest BCUT2D eigenvalue weighted by atomic mass is 9.99. The Hall–Kier alpha value is -1.13. The molecule has 13 heavy (non-hydrogen) atoms.